The number of hydrogen-bond donors (Lipinski definition) is 0. The van der Waals surface area contributed by atoms with E-state index in [2.05, 4.69) is 0 Å². The van der Waals surface area contributed by atoms with Gasteiger partial charge in [-0.15, -0.1) is 0 Å². The van der Waals surface area contributed by atoms with Crippen LogP contribution in [0, 0.1) is 6.92 Å². The van der Waals surface area contributed by atoms with E-state index in [1.54, 1.807) is 32.9 Å². The van der Waals surface area contributed by atoms with Crippen LogP contribution in [0.1, 0.15) is 54.0 Å². The van der Waals surface area contributed by atoms with Gasteiger partial charge in [0.05, 0.1) is 11.1 Å². The summed E-state index contributed by atoms with van der Waals surface area (Å²) in [6.07, 6.45) is -1.30. The van der Waals surface area contributed by atoms with Crippen molar-refractivity contribution in [2.45, 2.75) is 47.2 Å². The van der Waals surface area contributed by atoms with Crippen LogP contribution < -0.4 is 0 Å². The Bertz CT molecular complexity index is 496. The predicted molar refractivity (Wildman–Crippen MR) is 84.2 cm³/mol. The fourth-order valence-corrected chi connectivity index (χ4v) is 1.99. The summed E-state index contributed by atoms with van der Waals surface area (Å²) in [5.74, 6) is -1.11. The molecular formula is C17H24O6. The number of rotatable bonds is 8. The van der Waals surface area contributed by atoms with Gasteiger partial charge in [0.15, 0.2) is 12.6 Å². The molecule has 1 aromatic rings. The molecule has 23 heavy (non-hydrogen) atoms. The van der Waals surface area contributed by atoms with E-state index in [1.807, 2.05) is 13.8 Å². The van der Waals surface area contributed by atoms with Crippen LogP contribution in [0.5, 0.6) is 0 Å². The number of benzene rings is 1. The minimum Gasteiger partial charge on any atom is -0.432 e. The third-order valence-electron chi connectivity index (χ3n) is 2.90. The summed E-state index contributed by atoms with van der Waals surface area (Å²) < 4.78 is 20.6. The maximum Gasteiger partial charge on any atom is 0.340 e. The van der Waals surface area contributed by atoms with Gasteiger partial charge < -0.3 is 18.9 Å². The van der Waals surface area contributed by atoms with E-state index in [1.165, 1.54) is 6.07 Å². The molecule has 0 bridgehead atoms. The molecule has 0 saturated heterocycles. The van der Waals surface area contributed by atoms with Crippen molar-refractivity contribution in [2.75, 3.05) is 13.2 Å². The Morgan fingerprint density at radius 1 is 0.870 bits per heavy atom. The largest absolute Gasteiger partial charge is 0.432 e. The Balaban J connectivity index is 2.86. The standard InChI is InChI=1S/C17H24O6/c1-6-20-12(4)22-16(18)14-8-11(3)9-15(10-14)17(19)23-13(5)21-7-2/h8-10,12-13H,6-7H2,1-5H3. The molecule has 2 unspecified atom stereocenters. The van der Waals surface area contributed by atoms with Gasteiger partial charge in [-0.2, -0.15) is 0 Å². The highest BCUT2D eigenvalue weighted by Gasteiger charge is 2.17. The molecule has 0 spiro atoms. The van der Waals surface area contributed by atoms with Crippen molar-refractivity contribution in [1.29, 1.82) is 0 Å². The van der Waals surface area contributed by atoms with E-state index < -0.39 is 24.5 Å². The molecule has 1 aromatic carbocycles. The average molecular weight is 324 g/mol. The summed E-state index contributed by atoms with van der Waals surface area (Å²) in [4.78, 5) is 24.2. The highest BCUT2D eigenvalue weighted by molar-refractivity contribution is 5.95. The normalized spacial score (nSPS) is 13.3. The van der Waals surface area contributed by atoms with Gasteiger partial charge in [-0.25, -0.2) is 9.59 Å². The second kappa shape index (κ2) is 9.27. The van der Waals surface area contributed by atoms with E-state index in [0.717, 1.165) is 5.56 Å². The number of hydrogen-bond acceptors (Lipinski definition) is 6. The minimum atomic E-state index is -0.651. The van der Waals surface area contributed by atoms with Crippen LogP contribution in [0.2, 0.25) is 0 Å². The number of ether oxygens (including phenoxy) is 4. The summed E-state index contributed by atoms with van der Waals surface area (Å²) in [7, 11) is 0. The highest BCUT2D eigenvalue weighted by Crippen LogP contribution is 2.14. The molecule has 2 atom stereocenters. The van der Waals surface area contributed by atoms with Gasteiger partial charge in [-0.3, -0.25) is 0 Å². The van der Waals surface area contributed by atoms with Crippen LogP contribution >= 0.6 is 0 Å². The zero-order valence-electron chi connectivity index (χ0n) is 14.3. The molecule has 0 aliphatic heterocycles. The molecule has 0 aromatic heterocycles. The summed E-state index contributed by atoms with van der Waals surface area (Å²) in [5.41, 5.74) is 1.29. The molecule has 0 aliphatic rings. The minimum absolute atomic E-state index is 0.271. The Morgan fingerprint density at radius 2 is 1.26 bits per heavy atom. The average Bonchev–Trinajstić information content (AvgIpc) is 2.46. The number of carbonyl (C=O) groups excluding carboxylic acids is 2. The molecule has 6 heteroatoms. The SMILES string of the molecule is CCOC(C)OC(=O)c1cc(C)cc(C(=O)OC(C)OCC)c1. The third-order valence-corrected chi connectivity index (χ3v) is 2.90. The fourth-order valence-electron chi connectivity index (χ4n) is 1.99. The number of esters is 2. The van der Waals surface area contributed by atoms with Gasteiger partial charge in [0.2, 0.25) is 0 Å². The Morgan fingerprint density at radius 3 is 1.61 bits per heavy atom. The molecule has 0 saturated carbocycles. The molecular weight excluding hydrogens is 300 g/mol. The first-order valence-electron chi connectivity index (χ1n) is 7.64. The van der Waals surface area contributed by atoms with Gasteiger partial charge in [-0.1, -0.05) is 0 Å². The van der Waals surface area contributed by atoms with E-state index in [9.17, 15) is 9.59 Å². The van der Waals surface area contributed by atoms with E-state index >= 15 is 0 Å². The lowest BCUT2D eigenvalue weighted by Crippen LogP contribution is -2.20. The molecule has 0 heterocycles. The topological polar surface area (TPSA) is 71.1 Å². The molecule has 128 valence electrons. The number of carbonyl (C=O) groups is 2. The molecule has 0 radical (unpaired) electrons. The summed E-state index contributed by atoms with van der Waals surface area (Å²) in [5, 5.41) is 0. The first-order valence-corrected chi connectivity index (χ1v) is 7.64. The third kappa shape index (κ3) is 6.38. The molecule has 1 rings (SSSR count). The van der Waals surface area contributed by atoms with Crippen LogP contribution in [0.3, 0.4) is 0 Å². The van der Waals surface area contributed by atoms with Crippen molar-refractivity contribution in [1.82, 2.24) is 0 Å². The van der Waals surface area contributed by atoms with Crippen molar-refractivity contribution in [2.24, 2.45) is 0 Å². The van der Waals surface area contributed by atoms with Crippen molar-refractivity contribution in [3.63, 3.8) is 0 Å². The van der Waals surface area contributed by atoms with Gasteiger partial charge in [0.25, 0.3) is 0 Å². The maximum absolute atomic E-state index is 12.1. The molecule has 0 fully saturated rings. The van der Waals surface area contributed by atoms with Gasteiger partial charge in [0.1, 0.15) is 0 Å². The van der Waals surface area contributed by atoms with Crippen molar-refractivity contribution >= 4 is 11.9 Å². The first kappa shape index (κ1) is 19.1. The van der Waals surface area contributed by atoms with E-state index in [4.69, 9.17) is 18.9 Å². The lowest BCUT2D eigenvalue weighted by atomic mass is 10.1. The smallest absolute Gasteiger partial charge is 0.340 e. The fraction of sp³-hybridized carbons (Fsp3) is 0.529. The van der Waals surface area contributed by atoms with Gasteiger partial charge in [0, 0.05) is 13.2 Å². The quantitative estimate of drug-likeness (QED) is 0.540. The van der Waals surface area contributed by atoms with Crippen molar-refractivity contribution < 1.29 is 28.5 Å². The molecule has 0 N–H and O–H groups in total. The molecule has 0 aliphatic carbocycles. The summed E-state index contributed by atoms with van der Waals surface area (Å²) in [6.45, 7) is 9.55. The van der Waals surface area contributed by atoms with Crippen molar-refractivity contribution in [3.05, 3.63) is 34.9 Å². The second-order valence-electron chi connectivity index (χ2n) is 4.94. The lowest BCUT2D eigenvalue weighted by Gasteiger charge is -2.15. The van der Waals surface area contributed by atoms with Crippen molar-refractivity contribution in [3.8, 4) is 0 Å². The Kier molecular flexibility index (Phi) is 7.71. The van der Waals surface area contributed by atoms with Gasteiger partial charge in [-0.05, 0) is 58.4 Å². The highest BCUT2D eigenvalue weighted by atomic mass is 16.7. The number of aryl methyl sites for hydroxylation is 1. The van der Waals surface area contributed by atoms with Crippen LogP contribution in [0.15, 0.2) is 18.2 Å². The second-order valence-corrected chi connectivity index (χ2v) is 4.94. The van der Waals surface area contributed by atoms with E-state index in [0.29, 0.717) is 13.2 Å². The van der Waals surface area contributed by atoms with Gasteiger partial charge >= 0.3 is 11.9 Å². The monoisotopic (exact) mass is 324 g/mol. The zero-order chi connectivity index (χ0) is 17.4. The Labute approximate surface area is 136 Å². The van der Waals surface area contributed by atoms with Crippen LogP contribution in [-0.4, -0.2) is 37.7 Å². The molecule has 6 nitrogen and oxygen atoms in total. The van der Waals surface area contributed by atoms with Crippen LogP contribution in [0.25, 0.3) is 0 Å². The van der Waals surface area contributed by atoms with Crippen LogP contribution in [0.4, 0.5) is 0 Å². The van der Waals surface area contributed by atoms with Crippen LogP contribution in [-0.2, 0) is 18.9 Å². The molecule has 0 amide bonds. The lowest BCUT2D eigenvalue weighted by molar-refractivity contribution is -0.0943. The zero-order valence-corrected chi connectivity index (χ0v) is 14.3. The predicted octanol–water partition coefficient (Wildman–Crippen LogP) is 3.07. The maximum atomic E-state index is 12.1. The summed E-state index contributed by atoms with van der Waals surface area (Å²) >= 11 is 0. The van der Waals surface area contributed by atoms with E-state index in [-0.39, 0.29) is 11.1 Å². The first-order chi connectivity index (χ1) is 10.9. The Hall–Kier alpha value is -1.92. The summed E-state index contributed by atoms with van der Waals surface area (Å²) in [6, 6.07) is 4.72.